The number of nitrogens with zero attached hydrogens (tertiary/aromatic N) is 2. The van der Waals surface area contributed by atoms with Crippen molar-refractivity contribution in [2.45, 2.75) is 12.8 Å². The summed E-state index contributed by atoms with van der Waals surface area (Å²) in [5, 5.41) is 17.5. The van der Waals surface area contributed by atoms with Crippen molar-refractivity contribution >= 4 is 5.82 Å². The van der Waals surface area contributed by atoms with Crippen molar-refractivity contribution in [1.29, 1.82) is 0 Å². The lowest BCUT2D eigenvalue weighted by Crippen LogP contribution is -2.13. The molecule has 1 aliphatic rings. The van der Waals surface area contributed by atoms with Crippen LogP contribution in [0.3, 0.4) is 0 Å². The molecule has 4 nitrogen and oxygen atoms in total. The number of hydrogen-bond donors (Lipinski definition) is 2. The first-order valence-corrected chi connectivity index (χ1v) is 5.85. The maximum absolute atomic E-state index is 9.54. The van der Waals surface area contributed by atoms with Gasteiger partial charge in [0.25, 0.3) is 0 Å². The fraction of sp³-hybridized carbons (Fsp3) is 0.308. The number of benzene rings is 1. The zero-order valence-electron chi connectivity index (χ0n) is 9.77. The van der Waals surface area contributed by atoms with Crippen LogP contribution in [0.5, 0.6) is 5.75 Å². The third-order valence-corrected chi connectivity index (χ3v) is 3.16. The molecule has 4 heteroatoms. The van der Waals surface area contributed by atoms with E-state index >= 15 is 0 Å². The highest BCUT2D eigenvalue weighted by Gasteiger charge is 2.19. The van der Waals surface area contributed by atoms with Crippen molar-refractivity contribution in [2.75, 3.05) is 11.9 Å². The van der Waals surface area contributed by atoms with E-state index in [1.807, 2.05) is 23.9 Å². The highest BCUT2D eigenvalue weighted by atomic mass is 16.3. The predicted molar refractivity (Wildman–Crippen MR) is 67.1 cm³/mol. The number of phenols is 1. The highest BCUT2D eigenvalue weighted by Crippen LogP contribution is 2.32. The van der Waals surface area contributed by atoms with Crippen LogP contribution in [0.2, 0.25) is 0 Å². The number of phenolic OH excluding ortho intramolecular Hbond substituents is 1. The second kappa shape index (κ2) is 3.80. The van der Waals surface area contributed by atoms with Crippen LogP contribution >= 0.6 is 0 Å². The van der Waals surface area contributed by atoms with Crippen molar-refractivity contribution < 1.29 is 5.11 Å². The van der Waals surface area contributed by atoms with Crippen LogP contribution in [0.4, 0.5) is 5.82 Å². The van der Waals surface area contributed by atoms with Crippen molar-refractivity contribution in [3.63, 3.8) is 0 Å². The zero-order chi connectivity index (χ0) is 11.8. The van der Waals surface area contributed by atoms with Crippen LogP contribution in [-0.4, -0.2) is 21.4 Å². The molecular formula is C13H15N3O. The number of fused-ring (bicyclic) bond motifs is 1. The summed E-state index contributed by atoms with van der Waals surface area (Å²) >= 11 is 0. The molecule has 17 heavy (non-hydrogen) atoms. The number of aromatic nitrogens is 2. The van der Waals surface area contributed by atoms with Crippen molar-refractivity contribution in [3.8, 4) is 17.0 Å². The number of nitrogens with one attached hydrogen (secondary N) is 1. The van der Waals surface area contributed by atoms with Crippen LogP contribution < -0.4 is 5.32 Å². The van der Waals surface area contributed by atoms with Crippen molar-refractivity contribution in [2.24, 2.45) is 7.05 Å². The minimum absolute atomic E-state index is 0.283. The van der Waals surface area contributed by atoms with Crippen molar-refractivity contribution in [1.82, 2.24) is 9.78 Å². The van der Waals surface area contributed by atoms with Gasteiger partial charge in [0.05, 0.1) is 5.69 Å². The molecule has 0 amide bonds. The summed E-state index contributed by atoms with van der Waals surface area (Å²) in [6, 6.07) is 7.27. The van der Waals surface area contributed by atoms with Gasteiger partial charge < -0.3 is 10.4 Å². The molecule has 88 valence electrons. The number of hydrogen-bond acceptors (Lipinski definition) is 3. The number of aromatic hydroxyl groups is 1. The number of anilines is 1. The van der Waals surface area contributed by atoms with Gasteiger partial charge >= 0.3 is 0 Å². The molecule has 2 N–H and O–H groups in total. The van der Waals surface area contributed by atoms with Gasteiger partial charge in [-0.2, -0.15) is 5.10 Å². The van der Waals surface area contributed by atoms with Crippen LogP contribution in [0.1, 0.15) is 12.0 Å². The Hall–Kier alpha value is -1.97. The van der Waals surface area contributed by atoms with Gasteiger partial charge in [-0.05, 0) is 25.0 Å². The fourth-order valence-electron chi connectivity index (χ4n) is 2.38. The molecular weight excluding hydrogens is 214 g/mol. The van der Waals surface area contributed by atoms with E-state index in [0.29, 0.717) is 0 Å². The maximum Gasteiger partial charge on any atom is 0.127 e. The molecule has 0 spiro atoms. The van der Waals surface area contributed by atoms with Gasteiger partial charge in [-0.1, -0.05) is 12.1 Å². The Morgan fingerprint density at radius 3 is 3.12 bits per heavy atom. The van der Waals surface area contributed by atoms with Gasteiger partial charge in [-0.3, -0.25) is 4.68 Å². The normalized spacial score (nSPS) is 14.2. The molecule has 1 aromatic heterocycles. The summed E-state index contributed by atoms with van der Waals surface area (Å²) in [5.74, 6) is 1.39. The van der Waals surface area contributed by atoms with E-state index in [2.05, 4.69) is 10.4 Å². The van der Waals surface area contributed by atoms with E-state index < -0.39 is 0 Å². The molecule has 2 heterocycles. The lowest BCUT2D eigenvalue weighted by Gasteiger charge is -2.15. The molecule has 0 saturated carbocycles. The zero-order valence-corrected chi connectivity index (χ0v) is 9.77. The third-order valence-electron chi connectivity index (χ3n) is 3.16. The summed E-state index contributed by atoms with van der Waals surface area (Å²) in [6.45, 7) is 1.01. The van der Waals surface area contributed by atoms with Crippen LogP contribution in [0.15, 0.2) is 24.3 Å². The minimum atomic E-state index is 0.283. The summed E-state index contributed by atoms with van der Waals surface area (Å²) in [4.78, 5) is 0. The van der Waals surface area contributed by atoms with Crippen molar-refractivity contribution in [3.05, 3.63) is 29.8 Å². The Kier molecular flexibility index (Phi) is 2.28. The molecule has 1 aromatic carbocycles. The average molecular weight is 229 g/mol. The second-order valence-electron chi connectivity index (χ2n) is 4.38. The van der Waals surface area contributed by atoms with E-state index in [1.54, 1.807) is 12.1 Å². The Morgan fingerprint density at radius 1 is 1.41 bits per heavy atom. The summed E-state index contributed by atoms with van der Waals surface area (Å²) in [6.07, 6.45) is 2.17. The van der Waals surface area contributed by atoms with E-state index in [0.717, 1.165) is 36.5 Å². The number of rotatable bonds is 1. The standard InChI is InChI=1S/C13H15N3O/c1-16-13-11(6-3-7-14-13)12(15-16)9-4-2-5-10(17)8-9/h2,4-5,8,14,17H,3,6-7H2,1H3. The lowest BCUT2D eigenvalue weighted by molar-refractivity contribution is 0.475. The van der Waals surface area contributed by atoms with E-state index in [-0.39, 0.29) is 5.75 Å². The van der Waals surface area contributed by atoms with E-state index in [1.165, 1.54) is 5.56 Å². The SMILES string of the molecule is Cn1nc(-c2cccc(O)c2)c2c1NCCC2. The maximum atomic E-state index is 9.54. The Bertz CT molecular complexity index is 560. The second-order valence-corrected chi connectivity index (χ2v) is 4.38. The molecule has 0 aliphatic carbocycles. The highest BCUT2D eigenvalue weighted by molar-refractivity contribution is 5.71. The third kappa shape index (κ3) is 1.65. The topological polar surface area (TPSA) is 50.1 Å². The average Bonchev–Trinajstić information content (AvgIpc) is 2.68. The Balaban J connectivity index is 2.15. The summed E-state index contributed by atoms with van der Waals surface area (Å²) in [5.41, 5.74) is 3.21. The van der Waals surface area contributed by atoms with Gasteiger partial charge in [0.15, 0.2) is 0 Å². The molecule has 1 aliphatic heterocycles. The lowest BCUT2D eigenvalue weighted by atomic mass is 10.0. The van der Waals surface area contributed by atoms with Gasteiger partial charge in [-0.15, -0.1) is 0 Å². The first-order chi connectivity index (χ1) is 8.25. The molecule has 0 unspecified atom stereocenters. The van der Waals surface area contributed by atoms with Crippen LogP contribution in [-0.2, 0) is 13.5 Å². The van der Waals surface area contributed by atoms with Gasteiger partial charge in [0.1, 0.15) is 11.6 Å². The summed E-state index contributed by atoms with van der Waals surface area (Å²) in [7, 11) is 1.95. The monoisotopic (exact) mass is 229 g/mol. The van der Waals surface area contributed by atoms with Crippen LogP contribution in [0, 0.1) is 0 Å². The fourth-order valence-corrected chi connectivity index (χ4v) is 2.38. The van der Waals surface area contributed by atoms with Gasteiger partial charge in [0.2, 0.25) is 0 Å². The van der Waals surface area contributed by atoms with E-state index in [9.17, 15) is 5.11 Å². The molecule has 0 fully saturated rings. The smallest absolute Gasteiger partial charge is 0.127 e. The van der Waals surface area contributed by atoms with Gasteiger partial charge in [0, 0.05) is 24.7 Å². The molecule has 0 atom stereocenters. The molecule has 0 saturated heterocycles. The van der Waals surface area contributed by atoms with Crippen LogP contribution in [0.25, 0.3) is 11.3 Å². The van der Waals surface area contributed by atoms with E-state index in [4.69, 9.17) is 0 Å². The molecule has 0 radical (unpaired) electrons. The Morgan fingerprint density at radius 2 is 2.29 bits per heavy atom. The quantitative estimate of drug-likeness (QED) is 0.787. The molecule has 0 bridgehead atoms. The first kappa shape index (κ1) is 10.2. The molecule has 3 rings (SSSR count). The van der Waals surface area contributed by atoms with Gasteiger partial charge in [-0.25, -0.2) is 0 Å². The first-order valence-electron chi connectivity index (χ1n) is 5.85. The Labute approximate surface area is 99.9 Å². The minimum Gasteiger partial charge on any atom is -0.508 e. The predicted octanol–water partition coefficient (Wildman–Crippen LogP) is 2.15. The number of aryl methyl sites for hydroxylation is 1. The largest absolute Gasteiger partial charge is 0.508 e. The molecule has 2 aromatic rings. The summed E-state index contributed by atoms with van der Waals surface area (Å²) < 4.78 is 1.88.